The number of benzene rings is 2. The maximum atomic E-state index is 12.3. The van der Waals surface area contributed by atoms with E-state index in [0.29, 0.717) is 12.1 Å². The zero-order valence-corrected chi connectivity index (χ0v) is 15.4. The van der Waals surface area contributed by atoms with Gasteiger partial charge in [-0.25, -0.2) is 13.1 Å². The first kappa shape index (κ1) is 19.1. The second kappa shape index (κ2) is 8.78. The summed E-state index contributed by atoms with van der Waals surface area (Å²) < 4.78 is 27.1. The van der Waals surface area contributed by atoms with E-state index < -0.39 is 10.0 Å². The largest absolute Gasteiger partial charge is 0.356 e. The number of carbonyl (C=O) groups excluding carboxylic acids is 1. The van der Waals surface area contributed by atoms with Crippen LogP contribution in [0.25, 0.3) is 0 Å². The summed E-state index contributed by atoms with van der Waals surface area (Å²) >= 11 is 0. The zero-order valence-electron chi connectivity index (χ0n) is 14.6. The molecule has 0 bridgehead atoms. The Hall–Kier alpha value is -2.18. The molecule has 0 unspecified atom stereocenters. The number of sulfonamides is 1. The molecule has 0 saturated carbocycles. The van der Waals surface area contributed by atoms with Gasteiger partial charge in [-0.15, -0.1) is 0 Å². The van der Waals surface area contributed by atoms with Crippen LogP contribution in [-0.2, 0) is 21.2 Å². The van der Waals surface area contributed by atoms with Crippen LogP contribution in [0.4, 0.5) is 0 Å². The summed E-state index contributed by atoms with van der Waals surface area (Å²) in [5.41, 5.74) is 2.85. The summed E-state index contributed by atoms with van der Waals surface area (Å²) in [6.07, 6.45) is 0.861. The molecular formula is C19H24N2O3S. The highest BCUT2D eigenvalue weighted by atomic mass is 32.2. The molecule has 0 spiro atoms. The third-order valence-electron chi connectivity index (χ3n) is 3.84. The Kier molecular flexibility index (Phi) is 6.73. The Balaban J connectivity index is 1.76. The van der Waals surface area contributed by atoms with Gasteiger partial charge in [0.25, 0.3) is 0 Å². The van der Waals surface area contributed by atoms with Crippen LogP contribution in [0.2, 0.25) is 0 Å². The van der Waals surface area contributed by atoms with Crippen LogP contribution in [0.1, 0.15) is 23.1 Å². The Morgan fingerprint density at radius 3 is 2.40 bits per heavy atom. The van der Waals surface area contributed by atoms with E-state index in [1.165, 1.54) is 0 Å². The smallest absolute Gasteiger partial charge is 0.240 e. The first-order chi connectivity index (χ1) is 11.9. The molecule has 6 heteroatoms. The van der Waals surface area contributed by atoms with Gasteiger partial charge < -0.3 is 5.32 Å². The van der Waals surface area contributed by atoms with Crippen LogP contribution in [-0.4, -0.2) is 27.4 Å². The lowest BCUT2D eigenvalue weighted by Crippen LogP contribution is -2.32. The van der Waals surface area contributed by atoms with Crippen molar-refractivity contribution in [2.24, 2.45) is 0 Å². The number of rotatable bonds is 8. The van der Waals surface area contributed by atoms with E-state index in [-0.39, 0.29) is 23.8 Å². The van der Waals surface area contributed by atoms with E-state index in [1.54, 1.807) is 19.1 Å². The number of aryl methyl sites for hydroxylation is 2. The van der Waals surface area contributed by atoms with Gasteiger partial charge in [0.2, 0.25) is 15.9 Å². The van der Waals surface area contributed by atoms with E-state index in [0.717, 1.165) is 17.5 Å². The van der Waals surface area contributed by atoms with E-state index in [2.05, 4.69) is 10.0 Å². The second-order valence-electron chi connectivity index (χ2n) is 6.00. The maximum Gasteiger partial charge on any atom is 0.240 e. The van der Waals surface area contributed by atoms with Gasteiger partial charge in [-0.1, -0.05) is 48.0 Å². The Morgan fingerprint density at radius 1 is 1.00 bits per heavy atom. The third-order valence-corrected chi connectivity index (χ3v) is 5.46. The van der Waals surface area contributed by atoms with Crippen molar-refractivity contribution in [1.29, 1.82) is 0 Å². The monoisotopic (exact) mass is 360 g/mol. The van der Waals surface area contributed by atoms with Crippen molar-refractivity contribution in [2.75, 3.05) is 13.1 Å². The molecule has 0 fully saturated rings. The molecule has 0 saturated heterocycles. The molecule has 0 aliphatic rings. The number of amides is 1. The minimum atomic E-state index is -3.60. The van der Waals surface area contributed by atoms with Crippen molar-refractivity contribution in [2.45, 2.75) is 31.6 Å². The molecule has 5 nitrogen and oxygen atoms in total. The van der Waals surface area contributed by atoms with E-state index in [4.69, 9.17) is 0 Å². The van der Waals surface area contributed by atoms with Crippen molar-refractivity contribution in [3.05, 3.63) is 65.2 Å². The number of hydrogen-bond donors (Lipinski definition) is 2. The highest BCUT2D eigenvalue weighted by Gasteiger charge is 2.16. The Bertz CT molecular complexity index is 818. The van der Waals surface area contributed by atoms with Crippen molar-refractivity contribution < 1.29 is 13.2 Å². The van der Waals surface area contributed by atoms with Crippen LogP contribution < -0.4 is 10.0 Å². The lowest BCUT2D eigenvalue weighted by Gasteiger charge is -2.10. The summed E-state index contributed by atoms with van der Waals surface area (Å²) in [7, 11) is -3.60. The van der Waals surface area contributed by atoms with E-state index in [9.17, 15) is 13.2 Å². The van der Waals surface area contributed by atoms with E-state index in [1.807, 2.05) is 43.3 Å². The van der Waals surface area contributed by atoms with Crippen molar-refractivity contribution in [3.63, 3.8) is 0 Å². The standard InChI is InChI=1S/C19H24N2O3S/c1-15-8-9-18(16(2)14-15)25(23,24)21-13-11-19(22)20-12-10-17-6-4-3-5-7-17/h3-9,14,21H,10-13H2,1-2H3,(H,20,22). The lowest BCUT2D eigenvalue weighted by molar-refractivity contribution is -0.120. The van der Waals surface area contributed by atoms with Crippen molar-refractivity contribution >= 4 is 15.9 Å². The van der Waals surface area contributed by atoms with Crippen LogP contribution in [0, 0.1) is 13.8 Å². The summed E-state index contributed by atoms with van der Waals surface area (Å²) in [5.74, 6) is -0.167. The quantitative estimate of drug-likeness (QED) is 0.759. The van der Waals surface area contributed by atoms with Gasteiger partial charge in [0.05, 0.1) is 4.90 Å². The van der Waals surface area contributed by atoms with Gasteiger partial charge >= 0.3 is 0 Å². The molecule has 0 heterocycles. The fourth-order valence-corrected chi connectivity index (χ4v) is 3.81. The molecule has 0 aliphatic heterocycles. The van der Waals surface area contributed by atoms with Gasteiger partial charge in [-0.05, 0) is 37.5 Å². The minimum absolute atomic E-state index is 0.0762. The average molecular weight is 360 g/mol. The number of nitrogens with one attached hydrogen (secondary N) is 2. The van der Waals surface area contributed by atoms with Crippen LogP contribution in [0.3, 0.4) is 0 Å². The lowest BCUT2D eigenvalue weighted by atomic mass is 10.1. The molecule has 1 amide bonds. The molecular weight excluding hydrogens is 336 g/mol. The third kappa shape index (κ3) is 5.99. The molecule has 2 rings (SSSR count). The van der Waals surface area contributed by atoms with Crippen molar-refractivity contribution in [1.82, 2.24) is 10.0 Å². The molecule has 0 radical (unpaired) electrons. The Labute approximate surface area is 149 Å². The highest BCUT2D eigenvalue weighted by Crippen LogP contribution is 2.16. The predicted octanol–water partition coefficient (Wildman–Crippen LogP) is 2.33. The van der Waals surface area contributed by atoms with Gasteiger partial charge in [0.15, 0.2) is 0 Å². The predicted molar refractivity (Wildman–Crippen MR) is 98.9 cm³/mol. The molecule has 134 valence electrons. The van der Waals surface area contributed by atoms with Gasteiger partial charge in [0.1, 0.15) is 0 Å². The topological polar surface area (TPSA) is 75.3 Å². The maximum absolute atomic E-state index is 12.3. The van der Waals surface area contributed by atoms with Crippen LogP contribution in [0.15, 0.2) is 53.4 Å². The molecule has 2 aromatic carbocycles. The normalized spacial score (nSPS) is 11.3. The summed E-state index contributed by atoms with van der Waals surface area (Å²) in [4.78, 5) is 12.1. The fraction of sp³-hybridized carbons (Fsp3) is 0.316. The molecule has 2 aromatic rings. The molecule has 0 aromatic heterocycles. The van der Waals surface area contributed by atoms with E-state index >= 15 is 0 Å². The molecule has 0 aliphatic carbocycles. The van der Waals surface area contributed by atoms with Gasteiger partial charge in [-0.3, -0.25) is 4.79 Å². The molecule has 25 heavy (non-hydrogen) atoms. The molecule has 2 N–H and O–H groups in total. The first-order valence-electron chi connectivity index (χ1n) is 8.26. The SMILES string of the molecule is Cc1ccc(S(=O)(=O)NCCC(=O)NCCc2ccccc2)c(C)c1. The fourth-order valence-electron chi connectivity index (χ4n) is 2.56. The number of hydrogen-bond acceptors (Lipinski definition) is 3. The van der Waals surface area contributed by atoms with Gasteiger partial charge in [-0.2, -0.15) is 0 Å². The highest BCUT2D eigenvalue weighted by molar-refractivity contribution is 7.89. The summed E-state index contributed by atoms with van der Waals surface area (Å²) in [5, 5.41) is 2.80. The first-order valence-corrected chi connectivity index (χ1v) is 9.74. The van der Waals surface area contributed by atoms with Gasteiger partial charge in [0, 0.05) is 19.5 Å². The zero-order chi connectivity index (χ0) is 18.3. The second-order valence-corrected chi connectivity index (χ2v) is 7.74. The molecule has 0 atom stereocenters. The summed E-state index contributed by atoms with van der Waals surface area (Å²) in [6.45, 7) is 4.29. The van der Waals surface area contributed by atoms with Crippen LogP contribution >= 0.6 is 0 Å². The minimum Gasteiger partial charge on any atom is -0.356 e. The van der Waals surface area contributed by atoms with Crippen LogP contribution in [0.5, 0.6) is 0 Å². The average Bonchev–Trinajstić information content (AvgIpc) is 2.55. The number of carbonyl (C=O) groups is 1. The summed E-state index contributed by atoms with van der Waals surface area (Å²) in [6, 6.07) is 15.0. The Morgan fingerprint density at radius 2 is 1.72 bits per heavy atom. The van der Waals surface area contributed by atoms with Crippen molar-refractivity contribution in [3.8, 4) is 0 Å².